The molecule has 0 radical (unpaired) electrons. The van der Waals surface area contributed by atoms with Gasteiger partial charge in [0.2, 0.25) is 0 Å². The number of para-hydroxylation sites is 1. The van der Waals surface area contributed by atoms with Crippen molar-refractivity contribution in [3.8, 4) is 0 Å². The van der Waals surface area contributed by atoms with E-state index in [0.29, 0.717) is 11.5 Å². The van der Waals surface area contributed by atoms with Gasteiger partial charge in [-0.25, -0.2) is 0 Å². The third-order valence-electron chi connectivity index (χ3n) is 6.19. The van der Waals surface area contributed by atoms with Gasteiger partial charge in [-0.3, -0.25) is 0 Å². The highest BCUT2D eigenvalue weighted by Gasteiger charge is 2.54. The monoisotopic (exact) mass is 314 g/mol. The minimum atomic E-state index is 0.682. The lowest BCUT2D eigenvalue weighted by atomic mass is 9.90. The summed E-state index contributed by atoms with van der Waals surface area (Å²) in [6.45, 7) is 8.38. The quantitative estimate of drug-likeness (QED) is 0.690. The van der Waals surface area contributed by atoms with E-state index in [4.69, 9.17) is 0 Å². The molecule has 1 heterocycles. The summed E-state index contributed by atoms with van der Waals surface area (Å²) in [5.74, 6) is 0.939. The average Bonchev–Trinajstić information content (AvgIpc) is 3.27. The predicted molar refractivity (Wildman–Crippen MR) is 100 cm³/mol. The van der Waals surface area contributed by atoms with Gasteiger partial charge in [0.1, 0.15) is 0 Å². The van der Waals surface area contributed by atoms with Crippen LogP contribution < -0.4 is 10.2 Å². The van der Waals surface area contributed by atoms with Crippen LogP contribution in [-0.4, -0.2) is 25.7 Å². The van der Waals surface area contributed by atoms with Gasteiger partial charge in [-0.15, -0.1) is 0 Å². The Balaban J connectivity index is 1.37. The minimum Gasteiger partial charge on any atom is -0.371 e. The summed E-state index contributed by atoms with van der Waals surface area (Å²) in [5.41, 5.74) is 2.09. The normalized spacial score (nSPS) is 23.9. The molecule has 3 rings (SSSR count). The Labute approximate surface area is 142 Å². The van der Waals surface area contributed by atoms with E-state index in [-0.39, 0.29) is 0 Å². The molecule has 2 unspecified atom stereocenters. The molecule has 1 N–H and O–H groups in total. The van der Waals surface area contributed by atoms with Crippen LogP contribution in [0.3, 0.4) is 0 Å². The summed E-state index contributed by atoms with van der Waals surface area (Å²) in [5, 5.41) is 3.80. The summed E-state index contributed by atoms with van der Waals surface area (Å²) < 4.78 is 0. The van der Waals surface area contributed by atoms with Crippen LogP contribution in [0.5, 0.6) is 0 Å². The smallest absolute Gasteiger partial charge is 0.0366 e. The number of piperidine rings is 1. The summed E-state index contributed by atoms with van der Waals surface area (Å²) in [6.07, 6.45) is 9.67. The highest BCUT2D eigenvalue weighted by atomic mass is 15.1. The SMILES string of the molecule is CCCCCC(C)NCC1CC12CCN(c1ccccc1)CC2. The second-order valence-electron chi connectivity index (χ2n) is 7.89. The highest BCUT2D eigenvalue weighted by Crippen LogP contribution is 2.59. The van der Waals surface area contributed by atoms with Crippen LogP contribution in [0.2, 0.25) is 0 Å². The van der Waals surface area contributed by atoms with Gasteiger partial charge in [-0.05, 0) is 62.6 Å². The van der Waals surface area contributed by atoms with Crippen LogP contribution in [0.25, 0.3) is 0 Å². The lowest BCUT2D eigenvalue weighted by Crippen LogP contribution is -2.36. The Bertz CT molecular complexity index is 462. The molecule has 2 nitrogen and oxygen atoms in total. The van der Waals surface area contributed by atoms with Gasteiger partial charge >= 0.3 is 0 Å². The van der Waals surface area contributed by atoms with E-state index in [1.54, 1.807) is 0 Å². The van der Waals surface area contributed by atoms with E-state index in [9.17, 15) is 0 Å². The standard InChI is InChI=1S/C21H34N2/c1-3-4-6-9-18(2)22-17-19-16-21(19)12-14-23(15-13-21)20-10-7-5-8-11-20/h5,7-8,10-11,18-19,22H,3-4,6,9,12-17H2,1-2H3. The fourth-order valence-electron chi connectivity index (χ4n) is 4.33. The molecule has 1 aromatic carbocycles. The molecule has 0 amide bonds. The molecule has 2 heteroatoms. The van der Waals surface area contributed by atoms with Crippen LogP contribution in [0.1, 0.15) is 58.8 Å². The molecule has 23 heavy (non-hydrogen) atoms. The molecule has 0 aromatic heterocycles. The fourth-order valence-corrected chi connectivity index (χ4v) is 4.33. The number of nitrogens with one attached hydrogen (secondary N) is 1. The molecule has 1 aliphatic heterocycles. The third kappa shape index (κ3) is 4.29. The Hall–Kier alpha value is -1.02. The number of unbranched alkanes of at least 4 members (excludes halogenated alkanes) is 2. The topological polar surface area (TPSA) is 15.3 Å². The first kappa shape index (κ1) is 16.8. The Morgan fingerprint density at radius 3 is 2.61 bits per heavy atom. The predicted octanol–water partition coefficient (Wildman–Crippen LogP) is 4.85. The Morgan fingerprint density at radius 1 is 1.17 bits per heavy atom. The lowest BCUT2D eigenvalue weighted by molar-refractivity contribution is 0.336. The average molecular weight is 315 g/mol. The molecule has 1 spiro atoms. The number of hydrogen-bond acceptors (Lipinski definition) is 2. The van der Waals surface area contributed by atoms with Crippen molar-refractivity contribution in [3.05, 3.63) is 30.3 Å². The fraction of sp³-hybridized carbons (Fsp3) is 0.714. The van der Waals surface area contributed by atoms with Crippen LogP contribution >= 0.6 is 0 Å². The van der Waals surface area contributed by atoms with Crippen molar-refractivity contribution in [1.29, 1.82) is 0 Å². The molecule has 1 aromatic rings. The second kappa shape index (κ2) is 7.70. The van der Waals surface area contributed by atoms with Crippen molar-refractivity contribution in [2.45, 2.75) is 64.8 Å². The van der Waals surface area contributed by atoms with Gasteiger partial charge in [0, 0.05) is 24.8 Å². The van der Waals surface area contributed by atoms with Crippen molar-refractivity contribution >= 4 is 5.69 Å². The van der Waals surface area contributed by atoms with Crippen LogP contribution in [-0.2, 0) is 0 Å². The van der Waals surface area contributed by atoms with Crippen LogP contribution in [0, 0.1) is 11.3 Å². The van der Waals surface area contributed by atoms with E-state index in [1.807, 2.05) is 0 Å². The molecule has 2 fully saturated rings. The molecule has 1 saturated carbocycles. The molecular weight excluding hydrogens is 280 g/mol. The zero-order valence-electron chi connectivity index (χ0n) is 15.1. The van der Waals surface area contributed by atoms with Gasteiger partial charge in [0.15, 0.2) is 0 Å². The Kier molecular flexibility index (Phi) is 5.63. The third-order valence-corrected chi connectivity index (χ3v) is 6.19. The molecular formula is C21H34N2. The number of nitrogens with zero attached hydrogens (tertiary/aromatic N) is 1. The van der Waals surface area contributed by atoms with Crippen molar-refractivity contribution in [1.82, 2.24) is 5.32 Å². The van der Waals surface area contributed by atoms with E-state index in [0.717, 1.165) is 5.92 Å². The molecule has 1 saturated heterocycles. The van der Waals surface area contributed by atoms with E-state index < -0.39 is 0 Å². The lowest BCUT2D eigenvalue weighted by Gasteiger charge is -2.34. The largest absolute Gasteiger partial charge is 0.371 e. The second-order valence-corrected chi connectivity index (χ2v) is 7.89. The van der Waals surface area contributed by atoms with Crippen molar-refractivity contribution in [2.24, 2.45) is 11.3 Å². The first-order valence-corrected chi connectivity index (χ1v) is 9.77. The van der Waals surface area contributed by atoms with Gasteiger partial charge in [-0.1, -0.05) is 44.4 Å². The van der Waals surface area contributed by atoms with E-state index in [1.165, 1.54) is 70.3 Å². The van der Waals surface area contributed by atoms with Crippen LogP contribution in [0.4, 0.5) is 5.69 Å². The minimum absolute atomic E-state index is 0.682. The van der Waals surface area contributed by atoms with E-state index in [2.05, 4.69) is 54.4 Å². The first-order chi connectivity index (χ1) is 11.2. The van der Waals surface area contributed by atoms with Gasteiger partial charge in [0.25, 0.3) is 0 Å². The number of hydrogen-bond donors (Lipinski definition) is 1. The zero-order valence-corrected chi connectivity index (χ0v) is 15.1. The first-order valence-electron chi connectivity index (χ1n) is 9.77. The molecule has 0 bridgehead atoms. The molecule has 128 valence electrons. The molecule has 2 aliphatic rings. The molecule has 2 atom stereocenters. The summed E-state index contributed by atoms with van der Waals surface area (Å²) in [4.78, 5) is 2.57. The van der Waals surface area contributed by atoms with E-state index >= 15 is 0 Å². The summed E-state index contributed by atoms with van der Waals surface area (Å²) in [7, 11) is 0. The summed E-state index contributed by atoms with van der Waals surface area (Å²) in [6, 6.07) is 11.6. The maximum absolute atomic E-state index is 3.80. The van der Waals surface area contributed by atoms with Crippen molar-refractivity contribution < 1.29 is 0 Å². The number of anilines is 1. The Morgan fingerprint density at radius 2 is 1.91 bits per heavy atom. The van der Waals surface area contributed by atoms with Crippen molar-refractivity contribution in [3.63, 3.8) is 0 Å². The number of benzene rings is 1. The highest BCUT2D eigenvalue weighted by molar-refractivity contribution is 5.46. The van der Waals surface area contributed by atoms with Crippen LogP contribution in [0.15, 0.2) is 30.3 Å². The van der Waals surface area contributed by atoms with Gasteiger partial charge < -0.3 is 10.2 Å². The summed E-state index contributed by atoms with van der Waals surface area (Å²) >= 11 is 0. The van der Waals surface area contributed by atoms with Gasteiger partial charge in [0.05, 0.1) is 0 Å². The van der Waals surface area contributed by atoms with Crippen molar-refractivity contribution in [2.75, 3.05) is 24.5 Å². The number of rotatable bonds is 8. The zero-order chi connectivity index (χ0) is 16.1. The van der Waals surface area contributed by atoms with Gasteiger partial charge in [-0.2, -0.15) is 0 Å². The maximum Gasteiger partial charge on any atom is 0.0366 e. The maximum atomic E-state index is 3.80. The molecule has 1 aliphatic carbocycles.